The number of carboxylic acid groups (broad SMARTS) is 1. The molecule has 2 N–H and O–H groups in total. The Bertz CT molecular complexity index is 1110. The van der Waals surface area contributed by atoms with Crippen molar-refractivity contribution in [2.24, 2.45) is 5.92 Å². The van der Waals surface area contributed by atoms with E-state index < -0.39 is 48.4 Å². The highest BCUT2D eigenvalue weighted by atomic mass is 19.3. The van der Waals surface area contributed by atoms with Gasteiger partial charge < -0.3 is 20.1 Å². The zero-order chi connectivity index (χ0) is 24.0. The molecule has 178 valence electrons. The van der Waals surface area contributed by atoms with Crippen molar-refractivity contribution < 1.29 is 33.0 Å². The summed E-state index contributed by atoms with van der Waals surface area (Å²) in [7, 11) is 0. The van der Waals surface area contributed by atoms with Gasteiger partial charge in [0.05, 0.1) is 12.5 Å². The number of carbonyl (C=O) groups excluding carboxylic acids is 2. The van der Waals surface area contributed by atoms with E-state index in [1.807, 2.05) is 53.8 Å². The molecule has 2 aliphatic heterocycles. The third kappa shape index (κ3) is 3.69. The summed E-state index contributed by atoms with van der Waals surface area (Å²) in [5.74, 6) is -7.42. The average Bonchev–Trinajstić information content (AvgIpc) is 3.50. The van der Waals surface area contributed by atoms with Gasteiger partial charge in [-0.15, -0.1) is 0 Å². The summed E-state index contributed by atoms with van der Waals surface area (Å²) in [6.45, 7) is -1.24. The largest absolute Gasteiger partial charge is 0.481 e. The fourth-order valence-electron chi connectivity index (χ4n) is 5.67. The molecule has 9 heteroatoms. The second kappa shape index (κ2) is 8.38. The van der Waals surface area contributed by atoms with Gasteiger partial charge in [0.1, 0.15) is 6.61 Å². The Labute approximate surface area is 194 Å². The SMILES string of the molecule is O=C(NCC(F)(F)C(=O)N1[C@H]2CC[C@@H]1[C@H](C(=O)O)C2)OCC1c2ccccc2-c2ccccc21. The van der Waals surface area contributed by atoms with Gasteiger partial charge >= 0.3 is 18.0 Å². The van der Waals surface area contributed by atoms with Gasteiger partial charge in [0.2, 0.25) is 0 Å². The third-order valence-electron chi connectivity index (χ3n) is 7.20. The van der Waals surface area contributed by atoms with Crippen LogP contribution in [-0.4, -0.2) is 59.1 Å². The molecule has 5 rings (SSSR count). The molecule has 2 heterocycles. The molecule has 0 radical (unpaired) electrons. The maximum absolute atomic E-state index is 14.7. The first kappa shape index (κ1) is 22.3. The van der Waals surface area contributed by atoms with Gasteiger partial charge in [-0.2, -0.15) is 8.78 Å². The van der Waals surface area contributed by atoms with Crippen LogP contribution in [-0.2, 0) is 14.3 Å². The first-order chi connectivity index (χ1) is 16.3. The number of aliphatic carboxylic acids is 1. The number of halogens is 2. The molecule has 2 aromatic carbocycles. The molecule has 2 saturated heterocycles. The third-order valence-corrected chi connectivity index (χ3v) is 7.20. The number of nitrogens with one attached hydrogen (secondary N) is 1. The number of amides is 2. The summed E-state index contributed by atoms with van der Waals surface area (Å²) in [6.07, 6.45) is 0.0446. The van der Waals surface area contributed by atoms with Crippen molar-refractivity contribution in [3.8, 4) is 11.1 Å². The van der Waals surface area contributed by atoms with E-state index in [2.05, 4.69) is 0 Å². The molecule has 2 amide bonds. The average molecular weight is 470 g/mol. The molecule has 34 heavy (non-hydrogen) atoms. The maximum Gasteiger partial charge on any atom is 0.407 e. The summed E-state index contributed by atoms with van der Waals surface area (Å²) in [5.41, 5.74) is 4.08. The Kier molecular flexibility index (Phi) is 5.50. The number of fused-ring (bicyclic) bond motifs is 5. The second-order valence-corrected chi connectivity index (χ2v) is 9.07. The van der Waals surface area contributed by atoms with Crippen LogP contribution in [0.3, 0.4) is 0 Å². The van der Waals surface area contributed by atoms with Crippen molar-refractivity contribution in [3.63, 3.8) is 0 Å². The highest BCUT2D eigenvalue weighted by Gasteiger charge is 2.56. The Morgan fingerprint density at radius 3 is 2.24 bits per heavy atom. The fourth-order valence-corrected chi connectivity index (χ4v) is 5.67. The van der Waals surface area contributed by atoms with Crippen LogP contribution in [0.5, 0.6) is 0 Å². The van der Waals surface area contributed by atoms with Crippen molar-refractivity contribution in [3.05, 3.63) is 59.7 Å². The van der Waals surface area contributed by atoms with Gasteiger partial charge in [0, 0.05) is 18.0 Å². The molecular formula is C25H24F2N2O5. The van der Waals surface area contributed by atoms with Crippen molar-refractivity contribution in [2.75, 3.05) is 13.2 Å². The minimum atomic E-state index is -3.86. The van der Waals surface area contributed by atoms with E-state index >= 15 is 0 Å². The molecule has 1 aliphatic carbocycles. The lowest BCUT2D eigenvalue weighted by Gasteiger charge is -2.27. The zero-order valence-corrected chi connectivity index (χ0v) is 18.2. The number of rotatable bonds is 6. The lowest BCUT2D eigenvalue weighted by molar-refractivity contribution is -0.158. The molecule has 3 aliphatic rings. The number of nitrogens with zero attached hydrogens (tertiary/aromatic N) is 1. The predicted octanol–water partition coefficient (Wildman–Crippen LogP) is 3.62. The van der Waals surface area contributed by atoms with Crippen LogP contribution in [0, 0.1) is 5.92 Å². The smallest absolute Gasteiger partial charge is 0.407 e. The van der Waals surface area contributed by atoms with Crippen molar-refractivity contribution in [1.82, 2.24) is 10.2 Å². The number of hydrogen-bond acceptors (Lipinski definition) is 4. The Morgan fingerprint density at radius 2 is 1.65 bits per heavy atom. The minimum absolute atomic E-state index is 0.0318. The Hall–Kier alpha value is -3.49. The highest BCUT2D eigenvalue weighted by molar-refractivity contribution is 5.87. The number of carboxylic acids is 1. The van der Waals surface area contributed by atoms with Crippen LogP contribution < -0.4 is 5.32 Å². The number of alkyl halides is 2. The van der Waals surface area contributed by atoms with Crippen molar-refractivity contribution in [1.29, 1.82) is 0 Å². The van der Waals surface area contributed by atoms with E-state index in [9.17, 15) is 28.3 Å². The van der Waals surface area contributed by atoms with E-state index in [0.717, 1.165) is 27.2 Å². The summed E-state index contributed by atoms with van der Waals surface area (Å²) < 4.78 is 34.6. The van der Waals surface area contributed by atoms with Crippen LogP contribution in [0.4, 0.5) is 13.6 Å². The minimum Gasteiger partial charge on any atom is -0.481 e. The quantitative estimate of drug-likeness (QED) is 0.672. The molecule has 0 aromatic heterocycles. The number of carbonyl (C=O) groups is 3. The molecular weight excluding hydrogens is 446 g/mol. The second-order valence-electron chi connectivity index (χ2n) is 9.07. The number of alkyl carbamates (subject to hydrolysis) is 1. The Balaban J connectivity index is 1.19. The fraction of sp³-hybridized carbons (Fsp3) is 0.400. The number of hydrogen-bond donors (Lipinski definition) is 2. The van der Waals surface area contributed by atoms with E-state index in [1.165, 1.54) is 0 Å². The highest BCUT2D eigenvalue weighted by Crippen LogP contribution is 2.45. The normalized spacial score (nSPS) is 22.9. The number of benzene rings is 2. The first-order valence-corrected chi connectivity index (χ1v) is 11.3. The zero-order valence-electron chi connectivity index (χ0n) is 18.2. The van der Waals surface area contributed by atoms with Crippen molar-refractivity contribution in [2.45, 2.75) is 43.2 Å². The molecule has 0 spiro atoms. The van der Waals surface area contributed by atoms with Crippen molar-refractivity contribution >= 4 is 18.0 Å². The maximum atomic E-state index is 14.7. The van der Waals surface area contributed by atoms with Crippen LogP contribution in [0.2, 0.25) is 0 Å². The van der Waals surface area contributed by atoms with E-state index in [-0.39, 0.29) is 18.9 Å². The van der Waals surface area contributed by atoms with Crippen LogP contribution in [0.15, 0.2) is 48.5 Å². The van der Waals surface area contributed by atoms with Gasteiger partial charge in [0.15, 0.2) is 0 Å². The van der Waals surface area contributed by atoms with Gasteiger partial charge in [-0.3, -0.25) is 9.59 Å². The van der Waals surface area contributed by atoms with Gasteiger partial charge in [-0.1, -0.05) is 48.5 Å². The summed E-state index contributed by atoms with van der Waals surface area (Å²) in [5, 5.41) is 11.3. The first-order valence-electron chi connectivity index (χ1n) is 11.3. The topological polar surface area (TPSA) is 95.9 Å². The predicted molar refractivity (Wildman–Crippen MR) is 117 cm³/mol. The van der Waals surface area contributed by atoms with Crippen LogP contribution in [0.25, 0.3) is 11.1 Å². The molecule has 7 nitrogen and oxygen atoms in total. The lowest BCUT2D eigenvalue weighted by atomic mass is 9.89. The van der Waals surface area contributed by atoms with Gasteiger partial charge in [-0.05, 0) is 41.5 Å². The Morgan fingerprint density at radius 1 is 1.03 bits per heavy atom. The number of ether oxygens (including phenoxy) is 1. The standard InChI is InChI=1S/C25H24F2N2O5/c26-25(27,23(32)29-14-9-10-21(29)19(11-14)22(30)31)13-28-24(33)34-12-20-17-7-3-1-5-15(17)16-6-2-4-8-18(16)20/h1-8,14,19-21H,9-13H2,(H,28,33)(H,30,31)/t14-,19+,21+/m0/s1. The monoisotopic (exact) mass is 470 g/mol. The lowest BCUT2D eigenvalue weighted by Crippen LogP contribution is -2.52. The van der Waals surface area contributed by atoms with Gasteiger partial charge in [-0.25, -0.2) is 4.79 Å². The molecule has 2 bridgehead atoms. The molecule has 0 unspecified atom stereocenters. The summed E-state index contributed by atoms with van der Waals surface area (Å²) in [4.78, 5) is 37.1. The van der Waals surface area contributed by atoms with Crippen LogP contribution in [0.1, 0.15) is 36.3 Å². The van der Waals surface area contributed by atoms with E-state index in [4.69, 9.17) is 4.74 Å². The summed E-state index contributed by atoms with van der Waals surface area (Å²) in [6, 6.07) is 14.3. The van der Waals surface area contributed by atoms with Crippen LogP contribution >= 0.6 is 0 Å². The summed E-state index contributed by atoms with van der Waals surface area (Å²) >= 11 is 0. The molecule has 2 aromatic rings. The van der Waals surface area contributed by atoms with Gasteiger partial charge in [0.25, 0.3) is 5.91 Å². The molecule has 0 saturated carbocycles. The molecule has 3 atom stereocenters. The molecule has 2 fully saturated rings. The van der Waals surface area contributed by atoms with E-state index in [0.29, 0.717) is 12.8 Å². The van der Waals surface area contributed by atoms with E-state index in [1.54, 1.807) is 0 Å².